The van der Waals surface area contributed by atoms with Crippen molar-refractivity contribution in [3.8, 4) is 0 Å². The molecule has 2 bridgehead atoms. The first-order valence-corrected chi connectivity index (χ1v) is 6.48. The second kappa shape index (κ2) is 4.65. The highest BCUT2D eigenvalue weighted by atomic mass is 14.8. The molecule has 82 valence electrons. The highest BCUT2D eigenvalue weighted by Gasteiger charge is 2.39. The number of rotatable bonds is 5. The minimum absolute atomic E-state index is 0.935. The largest absolute Gasteiger partial charge is 0.319 e. The summed E-state index contributed by atoms with van der Waals surface area (Å²) >= 11 is 0. The van der Waals surface area contributed by atoms with Gasteiger partial charge in [0.2, 0.25) is 0 Å². The zero-order chi connectivity index (χ0) is 9.97. The third kappa shape index (κ3) is 2.13. The molecule has 0 aromatic carbocycles. The second-order valence-corrected chi connectivity index (χ2v) is 5.50. The normalized spacial score (nSPS) is 37.7. The van der Waals surface area contributed by atoms with Gasteiger partial charge in [-0.2, -0.15) is 0 Å². The van der Waals surface area contributed by atoms with Gasteiger partial charge in [0.1, 0.15) is 0 Å². The zero-order valence-electron chi connectivity index (χ0n) is 9.76. The lowest BCUT2D eigenvalue weighted by atomic mass is 9.81. The maximum Gasteiger partial charge on any atom is -0.00235 e. The molecule has 1 N–H and O–H groups in total. The van der Waals surface area contributed by atoms with Crippen LogP contribution in [-0.4, -0.2) is 13.6 Å². The quantitative estimate of drug-likeness (QED) is 0.711. The summed E-state index contributed by atoms with van der Waals surface area (Å²) in [5, 5.41) is 3.34. The molecular formula is C13H25N. The van der Waals surface area contributed by atoms with Crippen molar-refractivity contribution < 1.29 is 0 Å². The topological polar surface area (TPSA) is 12.0 Å². The Bertz CT molecular complexity index is 178. The van der Waals surface area contributed by atoms with Crippen LogP contribution in [0.4, 0.5) is 0 Å². The van der Waals surface area contributed by atoms with Crippen LogP contribution >= 0.6 is 0 Å². The summed E-state index contributed by atoms with van der Waals surface area (Å²) in [4.78, 5) is 0. The van der Waals surface area contributed by atoms with Gasteiger partial charge in [0.15, 0.2) is 0 Å². The van der Waals surface area contributed by atoms with E-state index < -0.39 is 0 Å². The Morgan fingerprint density at radius 1 is 1.29 bits per heavy atom. The molecule has 2 aliphatic rings. The summed E-state index contributed by atoms with van der Waals surface area (Å²) < 4.78 is 0. The summed E-state index contributed by atoms with van der Waals surface area (Å²) in [7, 11) is 2.09. The molecule has 2 fully saturated rings. The SMILES string of the molecule is CCC(CNC)CC1CC2CCC1C2. The zero-order valence-corrected chi connectivity index (χ0v) is 9.76. The molecule has 4 unspecified atom stereocenters. The van der Waals surface area contributed by atoms with Crippen LogP contribution < -0.4 is 5.32 Å². The molecule has 0 spiro atoms. The predicted molar refractivity (Wildman–Crippen MR) is 61.3 cm³/mol. The van der Waals surface area contributed by atoms with Crippen LogP contribution in [0.1, 0.15) is 45.4 Å². The maximum absolute atomic E-state index is 3.34. The fourth-order valence-corrected chi connectivity index (χ4v) is 3.78. The van der Waals surface area contributed by atoms with Crippen molar-refractivity contribution in [1.82, 2.24) is 5.32 Å². The van der Waals surface area contributed by atoms with Crippen molar-refractivity contribution in [3.05, 3.63) is 0 Å². The van der Waals surface area contributed by atoms with Gasteiger partial charge >= 0.3 is 0 Å². The van der Waals surface area contributed by atoms with Crippen LogP contribution in [0, 0.1) is 23.7 Å². The lowest BCUT2D eigenvalue weighted by Crippen LogP contribution is -2.23. The number of fused-ring (bicyclic) bond motifs is 2. The summed E-state index contributed by atoms with van der Waals surface area (Å²) in [5.74, 6) is 4.26. The van der Waals surface area contributed by atoms with Gasteiger partial charge < -0.3 is 5.32 Å². The summed E-state index contributed by atoms with van der Waals surface area (Å²) in [6.07, 6.45) is 9.08. The molecule has 1 heteroatoms. The molecule has 0 saturated heterocycles. The Kier molecular flexibility index (Phi) is 3.48. The number of hydrogen-bond acceptors (Lipinski definition) is 1. The lowest BCUT2D eigenvalue weighted by Gasteiger charge is -2.26. The van der Waals surface area contributed by atoms with Crippen molar-refractivity contribution in [1.29, 1.82) is 0 Å². The summed E-state index contributed by atoms with van der Waals surface area (Å²) in [5.41, 5.74) is 0. The van der Waals surface area contributed by atoms with Crippen LogP contribution in [-0.2, 0) is 0 Å². The molecule has 4 atom stereocenters. The van der Waals surface area contributed by atoms with Gasteiger partial charge in [-0.1, -0.05) is 19.8 Å². The van der Waals surface area contributed by atoms with Gasteiger partial charge in [-0.05, 0) is 62.9 Å². The van der Waals surface area contributed by atoms with E-state index >= 15 is 0 Å². The Morgan fingerprint density at radius 3 is 2.64 bits per heavy atom. The molecule has 0 radical (unpaired) electrons. The molecule has 0 aliphatic heterocycles. The van der Waals surface area contributed by atoms with Crippen molar-refractivity contribution in [2.75, 3.05) is 13.6 Å². The van der Waals surface area contributed by atoms with Crippen LogP contribution in [0.2, 0.25) is 0 Å². The van der Waals surface area contributed by atoms with Gasteiger partial charge in [-0.15, -0.1) is 0 Å². The third-order valence-corrected chi connectivity index (χ3v) is 4.59. The van der Waals surface area contributed by atoms with Crippen molar-refractivity contribution >= 4 is 0 Å². The Hall–Kier alpha value is -0.0400. The first-order valence-electron chi connectivity index (χ1n) is 6.48. The van der Waals surface area contributed by atoms with Crippen LogP contribution in [0.5, 0.6) is 0 Å². The van der Waals surface area contributed by atoms with E-state index in [4.69, 9.17) is 0 Å². The summed E-state index contributed by atoms with van der Waals surface area (Å²) in [6, 6.07) is 0. The van der Waals surface area contributed by atoms with E-state index in [0.717, 1.165) is 23.7 Å². The monoisotopic (exact) mass is 195 g/mol. The van der Waals surface area contributed by atoms with E-state index in [1.807, 2.05) is 0 Å². The molecule has 2 saturated carbocycles. The average molecular weight is 195 g/mol. The van der Waals surface area contributed by atoms with E-state index in [0.29, 0.717) is 0 Å². The van der Waals surface area contributed by atoms with Gasteiger partial charge in [-0.3, -0.25) is 0 Å². The van der Waals surface area contributed by atoms with Crippen molar-refractivity contribution in [2.45, 2.75) is 45.4 Å². The Balaban J connectivity index is 1.79. The highest BCUT2D eigenvalue weighted by Crippen LogP contribution is 2.50. The fraction of sp³-hybridized carbons (Fsp3) is 1.00. The fourth-order valence-electron chi connectivity index (χ4n) is 3.78. The first kappa shape index (κ1) is 10.5. The lowest BCUT2D eigenvalue weighted by molar-refractivity contribution is 0.261. The molecule has 2 rings (SSSR count). The van der Waals surface area contributed by atoms with E-state index in [1.54, 1.807) is 25.7 Å². The van der Waals surface area contributed by atoms with Crippen molar-refractivity contribution in [2.24, 2.45) is 23.7 Å². The van der Waals surface area contributed by atoms with E-state index in [1.165, 1.54) is 19.4 Å². The van der Waals surface area contributed by atoms with Crippen LogP contribution in [0.25, 0.3) is 0 Å². The third-order valence-electron chi connectivity index (χ3n) is 4.59. The Morgan fingerprint density at radius 2 is 2.14 bits per heavy atom. The van der Waals surface area contributed by atoms with Crippen LogP contribution in [0.3, 0.4) is 0 Å². The van der Waals surface area contributed by atoms with E-state index in [-0.39, 0.29) is 0 Å². The molecule has 1 nitrogen and oxygen atoms in total. The maximum atomic E-state index is 3.34. The molecule has 0 heterocycles. The number of hydrogen-bond donors (Lipinski definition) is 1. The highest BCUT2D eigenvalue weighted by molar-refractivity contribution is 4.90. The molecule has 2 aliphatic carbocycles. The number of nitrogens with one attached hydrogen (secondary N) is 1. The van der Waals surface area contributed by atoms with E-state index in [9.17, 15) is 0 Å². The standard InChI is InChI=1S/C13H25N/c1-3-10(9-14-2)6-13-8-11-4-5-12(13)7-11/h10-14H,3-9H2,1-2H3. The van der Waals surface area contributed by atoms with Crippen molar-refractivity contribution in [3.63, 3.8) is 0 Å². The van der Waals surface area contributed by atoms with Gasteiger partial charge in [0.25, 0.3) is 0 Å². The summed E-state index contributed by atoms with van der Waals surface area (Å²) in [6.45, 7) is 3.57. The van der Waals surface area contributed by atoms with E-state index in [2.05, 4.69) is 19.3 Å². The predicted octanol–water partition coefficient (Wildman–Crippen LogP) is 3.06. The minimum atomic E-state index is 0.935. The average Bonchev–Trinajstić information content (AvgIpc) is 2.78. The van der Waals surface area contributed by atoms with Gasteiger partial charge in [-0.25, -0.2) is 0 Å². The first-order chi connectivity index (χ1) is 6.83. The molecule has 0 aromatic heterocycles. The molecule has 0 aromatic rings. The molecular weight excluding hydrogens is 170 g/mol. The molecule has 0 amide bonds. The minimum Gasteiger partial charge on any atom is -0.319 e. The molecule has 14 heavy (non-hydrogen) atoms. The van der Waals surface area contributed by atoms with Gasteiger partial charge in [0, 0.05) is 0 Å². The van der Waals surface area contributed by atoms with Crippen LogP contribution in [0.15, 0.2) is 0 Å². The van der Waals surface area contributed by atoms with Gasteiger partial charge in [0.05, 0.1) is 0 Å². The Labute approximate surface area is 88.7 Å². The smallest absolute Gasteiger partial charge is 0.00235 e. The second-order valence-electron chi connectivity index (χ2n) is 5.50.